The Kier molecular flexibility index (Phi) is 4.05. The minimum Gasteiger partial charge on any atom is -0.459 e. The molecular weight excluding hydrogens is 252 g/mol. The average molecular weight is 274 g/mol. The molecule has 2 N–H and O–H groups in total. The largest absolute Gasteiger partial charge is 0.459 e. The van der Waals surface area contributed by atoms with E-state index in [1.807, 2.05) is 18.2 Å². The fourth-order valence-electron chi connectivity index (χ4n) is 2.60. The number of para-hydroxylation sites is 1. The molecule has 4 heteroatoms. The van der Waals surface area contributed by atoms with Gasteiger partial charge in [0.2, 0.25) is 0 Å². The summed E-state index contributed by atoms with van der Waals surface area (Å²) in [5, 5.41) is 1.12. The first-order chi connectivity index (χ1) is 9.78. The Morgan fingerprint density at radius 2 is 2.20 bits per heavy atom. The van der Waals surface area contributed by atoms with Gasteiger partial charge in [0, 0.05) is 31.6 Å². The molecule has 0 bridgehead atoms. The van der Waals surface area contributed by atoms with Gasteiger partial charge in [-0.15, -0.1) is 0 Å². The number of methoxy groups -OCH3 is 1. The quantitative estimate of drug-likeness (QED) is 0.843. The predicted octanol–water partition coefficient (Wildman–Crippen LogP) is 2.54. The third kappa shape index (κ3) is 3.03. The van der Waals surface area contributed by atoms with Crippen molar-refractivity contribution >= 4 is 11.0 Å². The van der Waals surface area contributed by atoms with Crippen LogP contribution in [0.4, 0.5) is 0 Å². The second-order valence-electron chi connectivity index (χ2n) is 5.51. The molecule has 108 valence electrons. The molecule has 1 aliphatic rings. The molecule has 0 saturated heterocycles. The first-order valence-electron chi connectivity index (χ1n) is 7.25. The maximum absolute atomic E-state index is 6.32. The molecule has 1 aromatic carbocycles. The molecule has 1 heterocycles. The molecule has 1 aromatic heterocycles. The van der Waals surface area contributed by atoms with Crippen molar-refractivity contribution in [1.82, 2.24) is 4.90 Å². The fourth-order valence-corrected chi connectivity index (χ4v) is 2.60. The molecule has 0 aliphatic heterocycles. The Bertz CT molecular complexity index is 529. The summed E-state index contributed by atoms with van der Waals surface area (Å²) in [7, 11) is 1.74. The van der Waals surface area contributed by atoms with E-state index in [-0.39, 0.29) is 6.04 Å². The number of hydrogen-bond donors (Lipinski definition) is 1. The summed E-state index contributed by atoms with van der Waals surface area (Å²) in [6, 6.07) is 10.7. The van der Waals surface area contributed by atoms with Gasteiger partial charge in [-0.3, -0.25) is 4.90 Å². The van der Waals surface area contributed by atoms with Crippen LogP contribution in [0.3, 0.4) is 0 Å². The van der Waals surface area contributed by atoms with Crippen LogP contribution < -0.4 is 5.73 Å². The summed E-state index contributed by atoms with van der Waals surface area (Å²) in [6.45, 7) is 2.52. The number of benzene rings is 1. The van der Waals surface area contributed by atoms with Crippen LogP contribution in [0.5, 0.6) is 0 Å². The predicted molar refractivity (Wildman–Crippen MR) is 79.6 cm³/mol. The van der Waals surface area contributed by atoms with Crippen LogP contribution in [0.15, 0.2) is 34.7 Å². The van der Waals surface area contributed by atoms with Crippen LogP contribution >= 0.6 is 0 Å². The highest BCUT2D eigenvalue weighted by atomic mass is 16.5. The van der Waals surface area contributed by atoms with Crippen LogP contribution in [0.1, 0.15) is 24.6 Å². The van der Waals surface area contributed by atoms with E-state index < -0.39 is 0 Å². The van der Waals surface area contributed by atoms with Gasteiger partial charge >= 0.3 is 0 Å². The molecule has 4 nitrogen and oxygen atoms in total. The van der Waals surface area contributed by atoms with Gasteiger partial charge in [-0.1, -0.05) is 18.2 Å². The van der Waals surface area contributed by atoms with Crippen molar-refractivity contribution in [2.45, 2.75) is 24.9 Å². The highest BCUT2D eigenvalue weighted by Gasteiger charge is 2.30. The van der Waals surface area contributed by atoms with Gasteiger partial charge in [-0.05, 0) is 25.0 Å². The molecule has 1 atom stereocenters. The van der Waals surface area contributed by atoms with Gasteiger partial charge in [-0.25, -0.2) is 0 Å². The number of nitrogens with zero attached hydrogens (tertiary/aromatic N) is 1. The summed E-state index contributed by atoms with van der Waals surface area (Å²) in [4.78, 5) is 2.42. The lowest BCUT2D eigenvalue weighted by molar-refractivity contribution is 0.137. The van der Waals surface area contributed by atoms with E-state index in [4.69, 9.17) is 14.9 Å². The van der Waals surface area contributed by atoms with Crippen molar-refractivity contribution in [3.8, 4) is 0 Å². The number of ether oxygens (including phenoxy) is 1. The van der Waals surface area contributed by atoms with Gasteiger partial charge in [0.05, 0.1) is 12.6 Å². The average Bonchev–Trinajstić information content (AvgIpc) is 3.21. The Balaban J connectivity index is 1.69. The Morgan fingerprint density at radius 1 is 1.40 bits per heavy atom. The van der Waals surface area contributed by atoms with Crippen molar-refractivity contribution in [3.05, 3.63) is 36.1 Å². The molecule has 3 rings (SSSR count). The lowest BCUT2D eigenvalue weighted by Crippen LogP contribution is -2.36. The maximum Gasteiger partial charge on any atom is 0.134 e. The van der Waals surface area contributed by atoms with Crippen molar-refractivity contribution < 1.29 is 9.15 Å². The molecule has 0 spiro atoms. The number of furan rings is 1. The van der Waals surface area contributed by atoms with E-state index in [9.17, 15) is 0 Å². The number of nitrogens with two attached hydrogens (primary N) is 1. The minimum atomic E-state index is -0.0835. The zero-order chi connectivity index (χ0) is 13.9. The lowest BCUT2D eigenvalue weighted by atomic mass is 10.2. The van der Waals surface area contributed by atoms with Crippen LogP contribution in [0, 0.1) is 0 Å². The molecule has 1 saturated carbocycles. The van der Waals surface area contributed by atoms with Gasteiger partial charge in [-0.2, -0.15) is 0 Å². The third-order valence-corrected chi connectivity index (χ3v) is 3.89. The standard InChI is InChI=1S/C16H22N2O2/c1-19-9-8-18(13-6-7-13)11-14(17)16-10-12-4-2-3-5-15(12)20-16/h2-5,10,13-14H,6-9,11,17H2,1H3. The third-order valence-electron chi connectivity index (χ3n) is 3.89. The Labute approximate surface area is 119 Å². The number of rotatable bonds is 7. The van der Waals surface area contributed by atoms with Crippen molar-refractivity contribution in [2.24, 2.45) is 5.73 Å². The van der Waals surface area contributed by atoms with Gasteiger partial charge in [0.15, 0.2) is 0 Å². The normalized spacial score (nSPS) is 16.9. The van der Waals surface area contributed by atoms with Crippen molar-refractivity contribution in [3.63, 3.8) is 0 Å². The summed E-state index contributed by atoms with van der Waals surface area (Å²) >= 11 is 0. The zero-order valence-electron chi connectivity index (χ0n) is 11.9. The van der Waals surface area contributed by atoms with E-state index >= 15 is 0 Å². The molecule has 1 unspecified atom stereocenters. The summed E-state index contributed by atoms with van der Waals surface area (Å²) in [5.74, 6) is 0.870. The van der Waals surface area contributed by atoms with E-state index in [0.29, 0.717) is 6.04 Å². The highest BCUT2D eigenvalue weighted by Crippen LogP contribution is 2.29. The maximum atomic E-state index is 6.32. The van der Waals surface area contributed by atoms with Crippen molar-refractivity contribution in [1.29, 1.82) is 0 Å². The second kappa shape index (κ2) is 5.95. The lowest BCUT2D eigenvalue weighted by Gasteiger charge is -2.24. The molecule has 0 radical (unpaired) electrons. The fraction of sp³-hybridized carbons (Fsp3) is 0.500. The van der Waals surface area contributed by atoms with Crippen LogP contribution in [-0.4, -0.2) is 37.7 Å². The Morgan fingerprint density at radius 3 is 2.90 bits per heavy atom. The Hall–Kier alpha value is -1.36. The van der Waals surface area contributed by atoms with E-state index in [0.717, 1.165) is 36.4 Å². The molecular formula is C16H22N2O2. The van der Waals surface area contributed by atoms with Crippen LogP contribution in [-0.2, 0) is 4.74 Å². The summed E-state index contributed by atoms with van der Waals surface area (Å²) < 4.78 is 11.0. The summed E-state index contributed by atoms with van der Waals surface area (Å²) in [5.41, 5.74) is 7.23. The van der Waals surface area contributed by atoms with E-state index in [2.05, 4.69) is 17.0 Å². The second-order valence-corrected chi connectivity index (χ2v) is 5.51. The zero-order valence-corrected chi connectivity index (χ0v) is 11.9. The SMILES string of the molecule is COCCN(CC(N)c1cc2ccccc2o1)C1CC1. The molecule has 0 amide bonds. The molecule has 1 aliphatic carbocycles. The van der Waals surface area contributed by atoms with Crippen LogP contribution in [0.25, 0.3) is 11.0 Å². The first-order valence-corrected chi connectivity index (χ1v) is 7.25. The summed E-state index contributed by atoms with van der Waals surface area (Å²) in [6.07, 6.45) is 2.55. The van der Waals surface area contributed by atoms with E-state index in [1.54, 1.807) is 7.11 Å². The monoisotopic (exact) mass is 274 g/mol. The van der Waals surface area contributed by atoms with Crippen LogP contribution in [0.2, 0.25) is 0 Å². The molecule has 2 aromatic rings. The van der Waals surface area contributed by atoms with Crippen molar-refractivity contribution in [2.75, 3.05) is 26.8 Å². The molecule has 20 heavy (non-hydrogen) atoms. The smallest absolute Gasteiger partial charge is 0.134 e. The van der Waals surface area contributed by atoms with E-state index in [1.165, 1.54) is 12.8 Å². The van der Waals surface area contributed by atoms with Gasteiger partial charge in [0.25, 0.3) is 0 Å². The molecule has 1 fully saturated rings. The minimum absolute atomic E-state index is 0.0835. The highest BCUT2D eigenvalue weighted by molar-refractivity contribution is 5.77. The van der Waals surface area contributed by atoms with Gasteiger partial charge < -0.3 is 14.9 Å². The van der Waals surface area contributed by atoms with Gasteiger partial charge in [0.1, 0.15) is 11.3 Å². The topological polar surface area (TPSA) is 51.6 Å². The number of hydrogen-bond acceptors (Lipinski definition) is 4. The number of fused-ring (bicyclic) bond motifs is 1. The first kappa shape index (κ1) is 13.6.